The summed E-state index contributed by atoms with van der Waals surface area (Å²) in [6.07, 6.45) is 2.99. The van der Waals surface area contributed by atoms with Gasteiger partial charge < -0.3 is 10.6 Å². The van der Waals surface area contributed by atoms with Crippen LogP contribution in [0.1, 0.15) is 41.8 Å². The fourth-order valence-electron chi connectivity index (χ4n) is 2.31. The molecule has 2 aromatic rings. The van der Waals surface area contributed by atoms with Gasteiger partial charge in [0.2, 0.25) is 5.91 Å². The standard InChI is InChI=1S/C21H22F2N2O2/c1-3-14(2)25-21(27)16-7-4-6-15(12-16)13-24-20(26)11-10-17-18(22)8-5-9-19(17)23/h4-12,14H,3,13H2,1-2H3,(H,24,26)(H,25,27). The molecule has 2 rings (SSSR count). The van der Waals surface area contributed by atoms with Gasteiger partial charge in [0.15, 0.2) is 0 Å². The topological polar surface area (TPSA) is 58.2 Å². The predicted octanol–water partition coefficient (Wildman–Crippen LogP) is 3.82. The molecule has 0 saturated heterocycles. The number of halogens is 2. The Hall–Kier alpha value is -3.02. The molecule has 27 heavy (non-hydrogen) atoms. The third kappa shape index (κ3) is 6.02. The Bertz CT molecular complexity index is 830. The van der Waals surface area contributed by atoms with E-state index in [-0.39, 0.29) is 24.1 Å². The zero-order valence-electron chi connectivity index (χ0n) is 15.3. The third-order valence-electron chi connectivity index (χ3n) is 4.05. The van der Waals surface area contributed by atoms with Gasteiger partial charge in [-0.15, -0.1) is 0 Å². The van der Waals surface area contributed by atoms with Crippen LogP contribution in [-0.2, 0) is 11.3 Å². The molecule has 1 unspecified atom stereocenters. The molecule has 0 bridgehead atoms. The van der Waals surface area contributed by atoms with Crippen molar-refractivity contribution in [2.75, 3.05) is 0 Å². The fourth-order valence-corrected chi connectivity index (χ4v) is 2.31. The quantitative estimate of drug-likeness (QED) is 0.726. The van der Waals surface area contributed by atoms with Gasteiger partial charge in [-0.3, -0.25) is 9.59 Å². The lowest BCUT2D eigenvalue weighted by Crippen LogP contribution is -2.32. The lowest BCUT2D eigenvalue weighted by molar-refractivity contribution is -0.116. The summed E-state index contributed by atoms with van der Waals surface area (Å²) in [4.78, 5) is 24.0. The second kappa shape index (κ2) is 9.62. The van der Waals surface area contributed by atoms with E-state index in [0.717, 1.165) is 36.3 Å². The lowest BCUT2D eigenvalue weighted by atomic mass is 10.1. The van der Waals surface area contributed by atoms with Gasteiger partial charge in [0.1, 0.15) is 11.6 Å². The maximum absolute atomic E-state index is 13.5. The molecule has 1 atom stereocenters. The fraction of sp³-hybridized carbons (Fsp3) is 0.238. The van der Waals surface area contributed by atoms with Crippen molar-refractivity contribution < 1.29 is 18.4 Å². The molecule has 0 saturated carbocycles. The van der Waals surface area contributed by atoms with Crippen LogP contribution >= 0.6 is 0 Å². The smallest absolute Gasteiger partial charge is 0.251 e. The highest BCUT2D eigenvalue weighted by Gasteiger charge is 2.09. The molecule has 0 aliphatic heterocycles. The SMILES string of the molecule is CCC(C)NC(=O)c1cccc(CNC(=O)C=Cc2c(F)cccc2F)c1. The van der Waals surface area contributed by atoms with Crippen LogP contribution in [0.25, 0.3) is 6.08 Å². The Labute approximate surface area is 157 Å². The van der Waals surface area contributed by atoms with Gasteiger partial charge in [-0.05, 0) is 49.2 Å². The molecule has 4 nitrogen and oxygen atoms in total. The summed E-state index contributed by atoms with van der Waals surface area (Å²) >= 11 is 0. The Kier molecular flexibility index (Phi) is 7.23. The molecule has 0 aliphatic rings. The molecule has 142 valence electrons. The van der Waals surface area contributed by atoms with E-state index in [4.69, 9.17) is 0 Å². The summed E-state index contributed by atoms with van der Waals surface area (Å²) in [6.45, 7) is 4.09. The molecule has 2 aromatic carbocycles. The molecule has 2 amide bonds. The highest BCUT2D eigenvalue weighted by Crippen LogP contribution is 2.13. The molecule has 0 spiro atoms. The Morgan fingerprint density at radius 2 is 1.78 bits per heavy atom. The molecule has 6 heteroatoms. The highest BCUT2D eigenvalue weighted by atomic mass is 19.1. The first-order valence-electron chi connectivity index (χ1n) is 8.70. The number of rotatable bonds is 7. The van der Waals surface area contributed by atoms with E-state index in [1.165, 1.54) is 6.07 Å². The summed E-state index contributed by atoms with van der Waals surface area (Å²) in [7, 11) is 0. The van der Waals surface area contributed by atoms with Gasteiger partial charge in [-0.2, -0.15) is 0 Å². The number of amides is 2. The minimum Gasteiger partial charge on any atom is -0.350 e. The summed E-state index contributed by atoms with van der Waals surface area (Å²) in [5, 5.41) is 5.50. The Balaban J connectivity index is 1.96. The first-order chi connectivity index (χ1) is 12.9. The molecule has 0 radical (unpaired) electrons. The van der Waals surface area contributed by atoms with Gasteiger partial charge in [0.25, 0.3) is 5.91 Å². The highest BCUT2D eigenvalue weighted by molar-refractivity contribution is 5.94. The van der Waals surface area contributed by atoms with E-state index in [2.05, 4.69) is 10.6 Å². The number of carbonyl (C=O) groups excluding carboxylic acids is 2. The largest absolute Gasteiger partial charge is 0.350 e. The van der Waals surface area contributed by atoms with Crippen LogP contribution in [0.2, 0.25) is 0 Å². The first kappa shape index (κ1) is 20.3. The van der Waals surface area contributed by atoms with Crippen LogP contribution in [0.4, 0.5) is 8.78 Å². The zero-order chi connectivity index (χ0) is 19.8. The first-order valence-corrected chi connectivity index (χ1v) is 8.70. The molecular formula is C21H22F2N2O2. The lowest BCUT2D eigenvalue weighted by Gasteiger charge is -2.12. The summed E-state index contributed by atoms with van der Waals surface area (Å²) in [5.41, 5.74) is 0.980. The van der Waals surface area contributed by atoms with Crippen LogP contribution in [0.5, 0.6) is 0 Å². The van der Waals surface area contributed by atoms with Crippen molar-refractivity contribution in [3.8, 4) is 0 Å². The number of nitrogens with one attached hydrogen (secondary N) is 2. The van der Waals surface area contributed by atoms with Crippen molar-refractivity contribution in [3.05, 3.63) is 76.9 Å². The summed E-state index contributed by atoms with van der Waals surface area (Å²) in [5.74, 6) is -2.14. The second-order valence-electron chi connectivity index (χ2n) is 6.17. The van der Waals surface area contributed by atoms with E-state index >= 15 is 0 Å². The van der Waals surface area contributed by atoms with E-state index in [1.807, 2.05) is 13.8 Å². The average Bonchev–Trinajstić information content (AvgIpc) is 2.66. The normalized spacial score (nSPS) is 12.0. The molecule has 2 N–H and O–H groups in total. The van der Waals surface area contributed by atoms with Gasteiger partial charge >= 0.3 is 0 Å². The minimum absolute atomic E-state index is 0.0739. The van der Waals surface area contributed by atoms with Gasteiger partial charge in [-0.25, -0.2) is 8.78 Å². The average molecular weight is 372 g/mol. The minimum atomic E-state index is -0.737. The Morgan fingerprint density at radius 1 is 1.11 bits per heavy atom. The van der Waals surface area contributed by atoms with Gasteiger partial charge in [0.05, 0.1) is 0 Å². The van der Waals surface area contributed by atoms with Crippen molar-refractivity contribution in [1.82, 2.24) is 10.6 Å². The van der Waals surface area contributed by atoms with Crippen LogP contribution < -0.4 is 10.6 Å². The van der Waals surface area contributed by atoms with Crippen molar-refractivity contribution in [2.45, 2.75) is 32.9 Å². The zero-order valence-corrected chi connectivity index (χ0v) is 15.3. The van der Waals surface area contributed by atoms with Crippen LogP contribution in [-0.4, -0.2) is 17.9 Å². The monoisotopic (exact) mass is 372 g/mol. The molecule has 0 aromatic heterocycles. The van der Waals surface area contributed by atoms with Crippen molar-refractivity contribution in [3.63, 3.8) is 0 Å². The van der Waals surface area contributed by atoms with Crippen LogP contribution in [0.3, 0.4) is 0 Å². The van der Waals surface area contributed by atoms with E-state index < -0.39 is 17.5 Å². The van der Waals surface area contributed by atoms with Gasteiger partial charge in [0, 0.05) is 29.8 Å². The third-order valence-corrected chi connectivity index (χ3v) is 4.05. The summed E-state index contributed by atoms with van der Waals surface area (Å²) in [6, 6.07) is 10.5. The summed E-state index contributed by atoms with van der Waals surface area (Å²) < 4.78 is 27.1. The van der Waals surface area contributed by atoms with Crippen LogP contribution in [0, 0.1) is 11.6 Å². The maximum Gasteiger partial charge on any atom is 0.251 e. The van der Waals surface area contributed by atoms with Crippen molar-refractivity contribution >= 4 is 17.9 Å². The second-order valence-corrected chi connectivity index (χ2v) is 6.17. The molecule has 0 aliphatic carbocycles. The number of hydrogen-bond acceptors (Lipinski definition) is 2. The Morgan fingerprint density at radius 3 is 2.44 bits per heavy atom. The molecule has 0 fully saturated rings. The van der Waals surface area contributed by atoms with E-state index in [0.29, 0.717) is 5.56 Å². The van der Waals surface area contributed by atoms with Crippen molar-refractivity contribution in [1.29, 1.82) is 0 Å². The van der Waals surface area contributed by atoms with E-state index in [1.54, 1.807) is 24.3 Å². The number of hydrogen-bond donors (Lipinski definition) is 2. The number of carbonyl (C=O) groups is 2. The van der Waals surface area contributed by atoms with Crippen LogP contribution in [0.15, 0.2) is 48.5 Å². The predicted molar refractivity (Wildman–Crippen MR) is 101 cm³/mol. The van der Waals surface area contributed by atoms with Crippen molar-refractivity contribution in [2.24, 2.45) is 0 Å². The van der Waals surface area contributed by atoms with Gasteiger partial charge in [-0.1, -0.05) is 25.1 Å². The number of benzene rings is 2. The maximum atomic E-state index is 13.5. The van der Waals surface area contributed by atoms with E-state index in [9.17, 15) is 18.4 Å². The molecular weight excluding hydrogens is 350 g/mol. The molecule has 0 heterocycles.